The Morgan fingerprint density at radius 2 is 1.54 bits per heavy atom. The van der Waals surface area contributed by atoms with Gasteiger partial charge < -0.3 is 4.74 Å². The van der Waals surface area contributed by atoms with Crippen LogP contribution >= 0.6 is 0 Å². The lowest BCUT2D eigenvalue weighted by Gasteiger charge is -2.39. The van der Waals surface area contributed by atoms with Gasteiger partial charge in [0.05, 0.1) is 10.5 Å². The van der Waals surface area contributed by atoms with Crippen LogP contribution in [0.1, 0.15) is 30.4 Å². The molecule has 1 saturated carbocycles. The first-order valence-electron chi connectivity index (χ1n) is 8.35. The standard InChI is InChI=1S/C20H17FO4S/c1-26(23,24)16-9-5-14(6-10-16)18-17(13-3-7-15(21)8-4-13)19(22)25-20(18)11-2-12-20/h3-10H,2,11-12H2,1H3. The molecule has 0 saturated heterocycles. The Labute approximate surface area is 151 Å². The lowest BCUT2D eigenvalue weighted by molar-refractivity contribution is -0.149. The summed E-state index contributed by atoms with van der Waals surface area (Å²) in [6, 6.07) is 12.2. The second-order valence-corrected chi connectivity index (χ2v) is 8.81. The topological polar surface area (TPSA) is 60.4 Å². The highest BCUT2D eigenvalue weighted by Crippen LogP contribution is 2.53. The molecule has 0 aromatic heterocycles. The molecule has 0 atom stereocenters. The third-order valence-electron chi connectivity index (χ3n) is 5.06. The van der Waals surface area contributed by atoms with Gasteiger partial charge in [-0.2, -0.15) is 0 Å². The lowest BCUT2D eigenvalue weighted by atomic mass is 9.71. The zero-order chi connectivity index (χ0) is 18.5. The van der Waals surface area contributed by atoms with Crippen molar-refractivity contribution in [2.45, 2.75) is 29.8 Å². The maximum absolute atomic E-state index is 13.3. The zero-order valence-corrected chi connectivity index (χ0v) is 15.0. The second-order valence-electron chi connectivity index (χ2n) is 6.79. The first-order chi connectivity index (χ1) is 12.3. The number of esters is 1. The number of hydrogen-bond acceptors (Lipinski definition) is 4. The molecule has 1 heterocycles. The Hall–Kier alpha value is -2.47. The number of rotatable bonds is 3. The third-order valence-corrected chi connectivity index (χ3v) is 6.19. The first-order valence-corrected chi connectivity index (χ1v) is 10.2. The van der Waals surface area contributed by atoms with Crippen molar-refractivity contribution in [1.29, 1.82) is 0 Å². The minimum absolute atomic E-state index is 0.220. The minimum Gasteiger partial charge on any atom is -0.451 e. The Bertz CT molecular complexity index is 1010. The summed E-state index contributed by atoms with van der Waals surface area (Å²) in [4.78, 5) is 12.8. The summed E-state index contributed by atoms with van der Waals surface area (Å²) in [5, 5.41) is 0. The van der Waals surface area contributed by atoms with Crippen molar-refractivity contribution in [3.63, 3.8) is 0 Å². The minimum atomic E-state index is -3.30. The summed E-state index contributed by atoms with van der Waals surface area (Å²) < 4.78 is 42.4. The van der Waals surface area contributed by atoms with Gasteiger partial charge in [0.1, 0.15) is 11.4 Å². The number of carbonyl (C=O) groups is 1. The maximum Gasteiger partial charge on any atom is 0.340 e. The van der Waals surface area contributed by atoms with Crippen molar-refractivity contribution in [3.8, 4) is 0 Å². The Kier molecular flexibility index (Phi) is 3.77. The Balaban J connectivity index is 1.90. The Morgan fingerprint density at radius 1 is 0.962 bits per heavy atom. The molecule has 0 unspecified atom stereocenters. The molecule has 1 spiro atoms. The third kappa shape index (κ3) is 2.65. The molecule has 1 aliphatic carbocycles. The molecule has 0 amide bonds. The van der Waals surface area contributed by atoms with Crippen molar-refractivity contribution in [2.24, 2.45) is 0 Å². The van der Waals surface area contributed by atoms with Gasteiger partial charge >= 0.3 is 5.97 Å². The molecule has 2 aliphatic rings. The molecule has 1 fully saturated rings. The van der Waals surface area contributed by atoms with Gasteiger partial charge in [0, 0.05) is 11.8 Å². The van der Waals surface area contributed by atoms with E-state index < -0.39 is 21.4 Å². The fraction of sp³-hybridized carbons (Fsp3) is 0.250. The van der Waals surface area contributed by atoms with Crippen LogP contribution in [0.25, 0.3) is 11.1 Å². The smallest absolute Gasteiger partial charge is 0.340 e. The SMILES string of the molecule is CS(=O)(=O)c1ccc(C2=C(c3ccc(F)cc3)C(=O)OC23CCC3)cc1. The maximum atomic E-state index is 13.3. The van der Waals surface area contributed by atoms with E-state index in [1.807, 2.05) is 0 Å². The van der Waals surface area contributed by atoms with Gasteiger partial charge in [-0.15, -0.1) is 0 Å². The van der Waals surface area contributed by atoms with Gasteiger partial charge in [0.15, 0.2) is 9.84 Å². The second kappa shape index (κ2) is 5.77. The molecule has 26 heavy (non-hydrogen) atoms. The summed E-state index contributed by atoms with van der Waals surface area (Å²) in [5.74, 6) is -0.795. The van der Waals surface area contributed by atoms with E-state index in [-0.39, 0.29) is 10.7 Å². The summed E-state index contributed by atoms with van der Waals surface area (Å²) in [6.45, 7) is 0. The molecule has 2 aromatic carbocycles. The van der Waals surface area contributed by atoms with Crippen LogP contribution in [0.2, 0.25) is 0 Å². The predicted molar refractivity (Wildman–Crippen MR) is 95.4 cm³/mol. The van der Waals surface area contributed by atoms with E-state index in [1.54, 1.807) is 24.3 Å². The molecular formula is C20H17FO4S. The van der Waals surface area contributed by atoms with Gasteiger partial charge in [-0.1, -0.05) is 24.3 Å². The monoisotopic (exact) mass is 372 g/mol. The fourth-order valence-electron chi connectivity index (χ4n) is 3.61. The van der Waals surface area contributed by atoms with Crippen molar-refractivity contribution in [3.05, 3.63) is 65.5 Å². The fourth-order valence-corrected chi connectivity index (χ4v) is 4.24. The van der Waals surface area contributed by atoms with E-state index in [2.05, 4.69) is 0 Å². The highest BCUT2D eigenvalue weighted by atomic mass is 32.2. The van der Waals surface area contributed by atoms with E-state index in [0.717, 1.165) is 36.7 Å². The molecule has 4 nitrogen and oxygen atoms in total. The van der Waals surface area contributed by atoms with Gasteiger partial charge in [-0.05, 0) is 54.7 Å². The molecule has 2 aromatic rings. The summed E-state index contributed by atoms with van der Waals surface area (Å²) in [7, 11) is -3.30. The van der Waals surface area contributed by atoms with Crippen molar-refractivity contribution in [2.75, 3.05) is 6.26 Å². The zero-order valence-electron chi connectivity index (χ0n) is 14.2. The molecule has 0 N–H and O–H groups in total. The summed E-state index contributed by atoms with van der Waals surface area (Å²) in [5.41, 5.74) is 1.88. The highest BCUT2D eigenvalue weighted by Gasteiger charge is 2.52. The van der Waals surface area contributed by atoms with Crippen molar-refractivity contribution < 1.29 is 22.3 Å². The average molecular weight is 372 g/mol. The number of hydrogen-bond donors (Lipinski definition) is 0. The number of sulfone groups is 1. The van der Waals surface area contributed by atoms with Crippen LogP contribution in [-0.2, 0) is 19.4 Å². The Morgan fingerprint density at radius 3 is 2.04 bits per heavy atom. The van der Waals surface area contributed by atoms with E-state index in [0.29, 0.717) is 11.1 Å². The van der Waals surface area contributed by atoms with Crippen molar-refractivity contribution in [1.82, 2.24) is 0 Å². The van der Waals surface area contributed by atoms with Crippen LogP contribution in [-0.4, -0.2) is 26.2 Å². The lowest BCUT2D eigenvalue weighted by Crippen LogP contribution is -2.38. The van der Waals surface area contributed by atoms with E-state index in [9.17, 15) is 17.6 Å². The van der Waals surface area contributed by atoms with Gasteiger partial charge in [0.25, 0.3) is 0 Å². The van der Waals surface area contributed by atoms with Gasteiger partial charge in [-0.25, -0.2) is 17.6 Å². The van der Waals surface area contributed by atoms with E-state index >= 15 is 0 Å². The average Bonchev–Trinajstić information content (AvgIpc) is 2.89. The van der Waals surface area contributed by atoms with Crippen LogP contribution < -0.4 is 0 Å². The molecule has 6 heteroatoms. The highest BCUT2D eigenvalue weighted by molar-refractivity contribution is 7.90. The number of benzene rings is 2. The summed E-state index contributed by atoms with van der Waals surface area (Å²) >= 11 is 0. The molecule has 0 bridgehead atoms. The molecule has 1 aliphatic heterocycles. The van der Waals surface area contributed by atoms with Gasteiger partial charge in [0.2, 0.25) is 0 Å². The number of carbonyl (C=O) groups excluding carboxylic acids is 1. The molecule has 134 valence electrons. The number of halogens is 1. The molecule has 4 rings (SSSR count). The van der Waals surface area contributed by atoms with Crippen LogP contribution in [0.5, 0.6) is 0 Å². The van der Waals surface area contributed by atoms with E-state index in [1.165, 1.54) is 24.3 Å². The van der Waals surface area contributed by atoms with Crippen LogP contribution in [0, 0.1) is 5.82 Å². The van der Waals surface area contributed by atoms with E-state index in [4.69, 9.17) is 4.74 Å². The molecule has 0 radical (unpaired) electrons. The van der Waals surface area contributed by atoms with Crippen LogP contribution in [0.4, 0.5) is 4.39 Å². The molecular weight excluding hydrogens is 355 g/mol. The predicted octanol–water partition coefficient (Wildman–Crippen LogP) is 3.62. The van der Waals surface area contributed by atoms with Crippen molar-refractivity contribution >= 4 is 27.0 Å². The van der Waals surface area contributed by atoms with Gasteiger partial charge in [-0.3, -0.25) is 0 Å². The largest absolute Gasteiger partial charge is 0.451 e. The van der Waals surface area contributed by atoms with Crippen LogP contribution in [0.3, 0.4) is 0 Å². The first kappa shape index (κ1) is 17.0. The van der Waals surface area contributed by atoms with Crippen LogP contribution in [0.15, 0.2) is 53.4 Å². The quantitative estimate of drug-likeness (QED) is 0.772. The normalized spacial score (nSPS) is 18.8. The summed E-state index contributed by atoms with van der Waals surface area (Å²) in [6.07, 6.45) is 3.56. The number of ether oxygens (including phenoxy) is 1.